The molecule has 7 nitrogen and oxygen atoms in total. The van der Waals surface area contributed by atoms with Crippen LogP contribution >= 0.6 is 0 Å². The zero-order valence-electron chi connectivity index (χ0n) is 16.9. The molecule has 30 heavy (non-hydrogen) atoms. The molecule has 0 aliphatic carbocycles. The van der Waals surface area contributed by atoms with Crippen molar-refractivity contribution in [3.63, 3.8) is 0 Å². The first-order chi connectivity index (χ1) is 14.4. The largest absolute Gasteiger partial charge is 0.452 e. The smallest absolute Gasteiger partial charge is 0.338 e. The van der Waals surface area contributed by atoms with Crippen molar-refractivity contribution >= 4 is 17.7 Å². The van der Waals surface area contributed by atoms with E-state index in [-0.39, 0.29) is 5.78 Å². The molecule has 7 heteroatoms. The summed E-state index contributed by atoms with van der Waals surface area (Å²) in [6, 6.07) is 17.3. The summed E-state index contributed by atoms with van der Waals surface area (Å²) in [6.07, 6.45) is 2.08. The number of amides is 1. The van der Waals surface area contributed by atoms with Crippen LogP contribution in [0.3, 0.4) is 0 Å². The third-order valence-electron chi connectivity index (χ3n) is 4.62. The van der Waals surface area contributed by atoms with E-state index in [1.807, 2.05) is 43.3 Å². The first kappa shape index (κ1) is 21.0. The third-order valence-corrected chi connectivity index (χ3v) is 4.62. The number of carbonyl (C=O) groups excluding carboxylic acids is 3. The summed E-state index contributed by atoms with van der Waals surface area (Å²) in [6.45, 7) is 2.89. The lowest BCUT2D eigenvalue weighted by Gasteiger charge is -2.16. The molecule has 1 atom stereocenters. The lowest BCUT2D eigenvalue weighted by Crippen LogP contribution is -2.43. The van der Waals surface area contributed by atoms with Crippen LogP contribution in [0.2, 0.25) is 0 Å². The van der Waals surface area contributed by atoms with Gasteiger partial charge in [-0.1, -0.05) is 30.3 Å². The van der Waals surface area contributed by atoms with Crippen molar-refractivity contribution in [2.24, 2.45) is 0 Å². The zero-order valence-corrected chi connectivity index (χ0v) is 16.9. The van der Waals surface area contributed by atoms with Gasteiger partial charge in [-0.3, -0.25) is 9.59 Å². The Morgan fingerprint density at radius 1 is 1.03 bits per heavy atom. The number of hydrogen-bond acceptors (Lipinski definition) is 5. The van der Waals surface area contributed by atoms with Gasteiger partial charge in [0.05, 0.1) is 17.3 Å². The second-order valence-corrected chi connectivity index (χ2v) is 6.93. The monoisotopic (exact) mass is 405 g/mol. The molecule has 0 aliphatic heterocycles. The fourth-order valence-electron chi connectivity index (χ4n) is 2.98. The van der Waals surface area contributed by atoms with Crippen LogP contribution in [0, 0.1) is 6.92 Å². The molecule has 2 aromatic carbocycles. The van der Waals surface area contributed by atoms with Gasteiger partial charge in [-0.15, -0.1) is 0 Å². The maximum Gasteiger partial charge on any atom is 0.338 e. The van der Waals surface area contributed by atoms with Gasteiger partial charge in [0, 0.05) is 11.9 Å². The molecule has 3 rings (SSSR count). The van der Waals surface area contributed by atoms with Crippen LogP contribution in [0.4, 0.5) is 0 Å². The Kier molecular flexibility index (Phi) is 6.75. The van der Waals surface area contributed by atoms with Crippen LogP contribution in [0.5, 0.6) is 0 Å². The molecule has 1 aromatic heterocycles. The molecule has 0 spiro atoms. The van der Waals surface area contributed by atoms with Gasteiger partial charge in [0.2, 0.25) is 0 Å². The minimum atomic E-state index is -0.671. The van der Waals surface area contributed by atoms with Gasteiger partial charge in [0.1, 0.15) is 0 Å². The van der Waals surface area contributed by atoms with E-state index in [2.05, 4.69) is 10.4 Å². The minimum absolute atomic E-state index is 0.164. The zero-order chi connectivity index (χ0) is 21.5. The van der Waals surface area contributed by atoms with Crippen molar-refractivity contribution in [1.82, 2.24) is 15.1 Å². The molecule has 0 unspecified atom stereocenters. The summed E-state index contributed by atoms with van der Waals surface area (Å²) in [7, 11) is 0. The van der Waals surface area contributed by atoms with E-state index in [9.17, 15) is 14.4 Å². The van der Waals surface area contributed by atoms with Crippen LogP contribution in [-0.2, 0) is 20.7 Å². The Morgan fingerprint density at radius 3 is 2.33 bits per heavy atom. The van der Waals surface area contributed by atoms with Gasteiger partial charge in [-0.05, 0) is 56.2 Å². The van der Waals surface area contributed by atoms with Crippen LogP contribution < -0.4 is 5.32 Å². The molecular formula is C23H23N3O4. The average molecular weight is 405 g/mol. The van der Waals surface area contributed by atoms with E-state index in [4.69, 9.17) is 4.74 Å². The van der Waals surface area contributed by atoms with E-state index in [0.717, 1.165) is 16.9 Å². The fraction of sp³-hybridized carbons (Fsp3) is 0.217. The van der Waals surface area contributed by atoms with Crippen molar-refractivity contribution in [3.05, 3.63) is 83.7 Å². The highest BCUT2D eigenvalue weighted by molar-refractivity contribution is 5.92. The summed E-state index contributed by atoms with van der Waals surface area (Å²) >= 11 is 0. The summed E-state index contributed by atoms with van der Waals surface area (Å²) in [5.41, 5.74) is 3.04. The molecule has 0 aliphatic rings. The number of hydrogen-bond donors (Lipinski definition) is 1. The number of aryl methyl sites for hydroxylation is 1. The molecule has 0 radical (unpaired) electrons. The molecule has 0 saturated carbocycles. The summed E-state index contributed by atoms with van der Waals surface area (Å²) in [5.74, 6) is -1.30. The van der Waals surface area contributed by atoms with Crippen molar-refractivity contribution in [2.45, 2.75) is 26.3 Å². The first-order valence-electron chi connectivity index (χ1n) is 9.56. The number of nitrogens with one attached hydrogen (secondary N) is 1. The van der Waals surface area contributed by atoms with Crippen LogP contribution in [0.25, 0.3) is 5.69 Å². The Morgan fingerprint density at radius 2 is 1.73 bits per heavy atom. The molecule has 154 valence electrons. The van der Waals surface area contributed by atoms with Crippen LogP contribution in [-0.4, -0.2) is 40.1 Å². The highest BCUT2D eigenvalue weighted by atomic mass is 16.5. The fourth-order valence-corrected chi connectivity index (χ4v) is 2.98. The average Bonchev–Trinajstić information content (AvgIpc) is 3.18. The second-order valence-electron chi connectivity index (χ2n) is 6.93. The van der Waals surface area contributed by atoms with Crippen molar-refractivity contribution in [2.75, 3.05) is 6.61 Å². The summed E-state index contributed by atoms with van der Waals surface area (Å²) in [4.78, 5) is 36.3. The van der Waals surface area contributed by atoms with Gasteiger partial charge in [0.25, 0.3) is 5.91 Å². The quantitative estimate of drug-likeness (QED) is 0.582. The molecule has 0 saturated heterocycles. The van der Waals surface area contributed by atoms with Crippen molar-refractivity contribution < 1.29 is 19.1 Å². The lowest BCUT2D eigenvalue weighted by atomic mass is 10.0. The Labute approximate surface area is 174 Å². The van der Waals surface area contributed by atoms with E-state index in [0.29, 0.717) is 12.0 Å². The predicted molar refractivity (Wildman–Crippen MR) is 111 cm³/mol. The van der Waals surface area contributed by atoms with Crippen LogP contribution in [0.1, 0.15) is 28.5 Å². The number of Topliss-reactive ketones (excluding diaryl/α,β-unsaturated/α-hetero) is 1. The molecule has 0 fully saturated rings. The number of rotatable bonds is 8. The molecule has 1 amide bonds. The number of ether oxygens (including phenoxy) is 1. The predicted octanol–water partition coefficient (Wildman–Crippen LogP) is 2.65. The molecule has 1 heterocycles. The minimum Gasteiger partial charge on any atom is -0.452 e. The number of ketones is 1. The number of esters is 1. The third kappa shape index (κ3) is 5.41. The summed E-state index contributed by atoms with van der Waals surface area (Å²) < 4.78 is 6.84. The van der Waals surface area contributed by atoms with Gasteiger partial charge in [-0.25, -0.2) is 9.48 Å². The van der Waals surface area contributed by atoms with Gasteiger partial charge >= 0.3 is 5.97 Å². The molecule has 0 bridgehead atoms. The normalized spacial score (nSPS) is 11.5. The van der Waals surface area contributed by atoms with E-state index in [1.165, 1.54) is 6.92 Å². The summed E-state index contributed by atoms with van der Waals surface area (Å²) in [5, 5.41) is 6.84. The number of benzene rings is 2. The van der Waals surface area contributed by atoms with E-state index >= 15 is 0 Å². The highest BCUT2D eigenvalue weighted by Gasteiger charge is 2.19. The topological polar surface area (TPSA) is 90.3 Å². The molecular weight excluding hydrogens is 382 g/mol. The Hall–Kier alpha value is -3.74. The Bertz CT molecular complexity index is 1030. The second kappa shape index (κ2) is 9.65. The lowest BCUT2D eigenvalue weighted by molar-refractivity contribution is -0.128. The SMILES string of the molecule is CC(=O)[C@@H](Cc1ccccc1)NC(=O)COC(=O)c1ccc(-n2nccc2C)cc1. The van der Waals surface area contributed by atoms with E-state index < -0.39 is 24.5 Å². The maximum atomic E-state index is 12.2. The van der Waals surface area contributed by atoms with Gasteiger partial charge < -0.3 is 10.1 Å². The van der Waals surface area contributed by atoms with Crippen molar-refractivity contribution in [3.8, 4) is 5.69 Å². The maximum absolute atomic E-state index is 12.2. The molecule has 3 aromatic rings. The molecule has 1 N–H and O–H groups in total. The van der Waals surface area contributed by atoms with Gasteiger partial charge in [-0.2, -0.15) is 5.10 Å². The number of aromatic nitrogens is 2. The van der Waals surface area contributed by atoms with Crippen LogP contribution in [0.15, 0.2) is 66.9 Å². The van der Waals surface area contributed by atoms with E-state index in [1.54, 1.807) is 35.1 Å². The first-order valence-corrected chi connectivity index (χ1v) is 9.56. The number of nitrogens with zero attached hydrogens (tertiary/aromatic N) is 2. The van der Waals surface area contributed by atoms with Gasteiger partial charge in [0.15, 0.2) is 12.4 Å². The Balaban J connectivity index is 1.54. The number of carbonyl (C=O) groups is 3. The standard InChI is InChI=1S/C23H23N3O4/c1-16-12-13-24-26(16)20-10-8-19(9-11-20)23(29)30-15-22(28)25-21(17(2)27)14-18-6-4-3-5-7-18/h3-13,21H,14-15H2,1-2H3,(H,25,28)/t21-/m1/s1. The highest BCUT2D eigenvalue weighted by Crippen LogP contribution is 2.12. The van der Waals surface area contributed by atoms with Crippen molar-refractivity contribution in [1.29, 1.82) is 0 Å².